The van der Waals surface area contributed by atoms with Crippen molar-refractivity contribution in [1.82, 2.24) is 14.4 Å². The van der Waals surface area contributed by atoms with Crippen molar-refractivity contribution in [1.29, 1.82) is 0 Å². The molecule has 0 atom stereocenters. The number of aryl methyl sites for hydroxylation is 2. The molecule has 3 aromatic heterocycles. The molecule has 0 aliphatic rings. The summed E-state index contributed by atoms with van der Waals surface area (Å²) in [6.45, 7) is 4.19. The highest BCUT2D eigenvalue weighted by Crippen LogP contribution is 2.40. The molecule has 0 saturated heterocycles. The van der Waals surface area contributed by atoms with Gasteiger partial charge in [0.2, 0.25) is 5.71 Å². The lowest BCUT2D eigenvalue weighted by molar-refractivity contribution is 0.658. The van der Waals surface area contributed by atoms with Crippen molar-refractivity contribution < 1.29 is 4.42 Å². The van der Waals surface area contributed by atoms with Crippen molar-refractivity contribution in [3.63, 3.8) is 0 Å². The Hall–Kier alpha value is -6.26. The number of aromatic nitrogens is 3. The van der Waals surface area contributed by atoms with Gasteiger partial charge in [-0.3, -0.25) is 4.40 Å². The second-order valence-electron chi connectivity index (χ2n) is 12.5. The van der Waals surface area contributed by atoms with E-state index in [4.69, 9.17) is 14.4 Å². The van der Waals surface area contributed by atoms with E-state index in [2.05, 4.69) is 158 Å². The summed E-state index contributed by atoms with van der Waals surface area (Å²) in [7, 11) is 0. The van der Waals surface area contributed by atoms with Crippen molar-refractivity contribution >= 4 is 27.7 Å². The molecule has 0 amide bonds. The molecule has 4 heteroatoms. The number of oxazole rings is 1. The molecule has 0 aliphatic heterocycles. The first kappa shape index (κ1) is 28.0. The minimum absolute atomic E-state index is 0.722. The summed E-state index contributed by atoms with van der Waals surface area (Å²) in [5, 5.41) is 1.18. The Morgan fingerprint density at radius 1 is 0.458 bits per heavy atom. The fraction of sp³-hybridized carbons (Fsp3) is 0.0455. The maximum Gasteiger partial charge on any atom is 0.213 e. The normalized spacial score (nSPS) is 11.5. The zero-order valence-electron chi connectivity index (χ0n) is 26.7. The lowest BCUT2D eigenvalue weighted by atomic mass is 9.98. The molecule has 0 saturated carbocycles. The summed E-state index contributed by atoms with van der Waals surface area (Å²) in [5.41, 5.74) is 15.9. The monoisotopic (exact) mass is 617 g/mol. The highest BCUT2D eigenvalue weighted by Gasteiger charge is 2.19. The number of hydrogen-bond donors (Lipinski definition) is 0. The van der Waals surface area contributed by atoms with Gasteiger partial charge in [-0.05, 0) is 54.8 Å². The maximum absolute atomic E-state index is 6.43. The Bertz CT molecular complexity index is 2530. The molecule has 228 valence electrons. The third-order valence-electron chi connectivity index (χ3n) is 9.21. The van der Waals surface area contributed by atoms with E-state index >= 15 is 0 Å². The second-order valence-corrected chi connectivity index (χ2v) is 12.5. The number of hydrogen-bond acceptors (Lipinski definition) is 3. The van der Waals surface area contributed by atoms with E-state index in [9.17, 15) is 0 Å². The first-order chi connectivity index (χ1) is 23.6. The quantitative estimate of drug-likeness (QED) is 0.193. The van der Waals surface area contributed by atoms with Crippen LogP contribution in [0.25, 0.3) is 83.9 Å². The van der Waals surface area contributed by atoms with Crippen LogP contribution in [0, 0.1) is 13.8 Å². The van der Waals surface area contributed by atoms with Crippen LogP contribution in [-0.4, -0.2) is 14.4 Å². The van der Waals surface area contributed by atoms with Gasteiger partial charge in [-0.2, -0.15) is 0 Å². The minimum atomic E-state index is 0.722. The Labute approximate surface area is 278 Å². The van der Waals surface area contributed by atoms with Gasteiger partial charge < -0.3 is 4.42 Å². The van der Waals surface area contributed by atoms with E-state index in [0.29, 0.717) is 0 Å². The summed E-state index contributed by atoms with van der Waals surface area (Å²) in [5.74, 6) is 0.722. The fourth-order valence-electron chi connectivity index (χ4n) is 6.63. The zero-order chi connectivity index (χ0) is 32.2. The summed E-state index contributed by atoms with van der Waals surface area (Å²) in [6.07, 6.45) is 0. The van der Waals surface area contributed by atoms with Crippen LogP contribution in [0.3, 0.4) is 0 Å². The van der Waals surface area contributed by atoms with E-state index in [0.717, 1.165) is 78.5 Å². The molecule has 48 heavy (non-hydrogen) atoms. The first-order valence-corrected chi connectivity index (χ1v) is 16.2. The van der Waals surface area contributed by atoms with Crippen molar-refractivity contribution in [3.8, 4) is 56.2 Å². The SMILES string of the molecule is Cc1ccc(-c2cc(-c3ccc(-c4ccc(-c5c6ccccc6n6c5oc5ccccc56)cc4)cc3)nc(-c3ccc(C)cc3)n2)cc1. The van der Waals surface area contributed by atoms with Gasteiger partial charge in [0.1, 0.15) is 0 Å². The number of para-hydroxylation sites is 3. The molecule has 0 aliphatic carbocycles. The van der Waals surface area contributed by atoms with Crippen molar-refractivity contribution in [2.24, 2.45) is 0 Å². The highest BCUT2D eigenvalue weighted by molar-refractivity contribution is 6.07. The highest BCUT2D eigenvalue weighted by atomic mass is 16.3. The third-order valence-corrected chi connectivity index (χ3v) is 9.21. The summed E-state index contributed by atoms with van der Waals surface area (Å²) in [6, 6.07) is 53.2. The summed E-state index contributed by atoms with van der Waals surface area (Å²) in [4.78, 5) is 10.0. The van der Waals surface area contributed by atoms with E-state index < -0.39 is 0 Å². The topological polar surface area (TPSA) is 43.3 Å². The Morgan fingerprint density at radius 3 is 1.56 bits per heavy atom. The lowest BCUT2D eigenvalue weighted by Crippen LogP contribution is -1.96. The van der Waals surface area contributed by atoms with Crippen LogP contribution in [0.4, 0.5) is 0 Å². The maximum atomic E-state index is 6.43. The van der Waals surface area contributed by atoms with Crippen LogP contribution in [0.15, 0.2) is 156 Å². The number of benzene rings is 6. The molecule has 6 aromatic carbocycles. The van der Waals surface area contributed by atoms with Crippen molar-refractivity contribution in [2.45, 2.75) is 13.8 Å². The summed E-state index contributed by atoms with van der Waals surface area (Å²) < 4.78 is 8.66. The fourth-order valence-corrected chi connectivity index (χ4v) is 6.63. The minimum Gasteiger partial charge on any atom is -0.438 e. The van der Waals surface area contributed by atoms with Gasteiger partial charge in [0, 0.05) is 22.1 Å². The van der Waals surface area contributed by atoms with E-state index in [1.165, 1.54) is 16.5 Å². The van der Waals surface area contributed by atoms with Gasteiger partial charge in [0.25, 0.3) is 0 Å². The predicted molar refractivity (Wildman–Crippen MR) is 197 cm³/mol. The van der Waals surface area contributed by atoms with E-state index in [1.807, 2.05) is 12.1 Å². The third kappa shape index (κ3) is 4.78. The van der Waals surface area contributed by atoms with Gasteiger partial charge in [-0.25, -0.2) is 9.97 Å². The van der Waals surface area contributed by atoms with Crippen molar-refractivity contribution in [3.05, 3.63) is 163 Å². The number of fused-ring (bicyclic) bond motifs is 5. The molecule has 0 unspecified atom stereocenters. The Kier molecular flexibility index (Phi) is 6.54. The van der Waals surface area contributed by atoms with Crippen LogP contribution in [-0.2, 0) is 0 Å². The molecule has 0 bridgehead atoms. The average molecular weight is 618 g/mol. The molecule has 9 aromatic rings. The van der Waals surface area contributed by atoms with E-state index in [-0.39, 0.29) is 0 Å². The molecule has 0 spiro atoms. The van der Waals surface area contributed by atoms with Gasteiger partial charge in [-0.15, -0.1) is 0 Å². The smallest absolute Gasteiger partial charge is 0.213 e. The zero-order valence-corrected chi connectivity index (χ0v) is 26.7. The van der Waals surface area contributed by atoms with Crippen LogP contribution >= 0.6 is 0 Å². The largest absolute Gasteiger partial charge is 0.438 e. The van der Waals surface area contributed by atoms with Gasteiger partial charge in [-0.1, -0.05) is 139 Å². The average Bonchev–Trinajstić information content (AvgIpc) is 3.67. The van der Waals surface area contributed by atoms with E-state index in [1.54, 1.807) is 0 Å². The number of nitrogens with zero attached hydrogens (tertiary/aromatic N) is 3. The molecular weight excluding hydrogens is 587 g/mol. The Balaban J connectivity index is 1.08. The predicted octanol–water partition coefficient (Wildman–Crippen LogP) is 11.6. The van der Waals surface area contributed by atoms with Gasteiger partial charge in [0.15, 0.2) is 11.4 Å². The first-order valence-electron chi connectivity index (χ1n) is 16.2. The van der Waals surface area contributed by atoms with Crippen LogP contribution < -0.4 is 0 Å². The molecular formula is C44H31N3O. The summed E-state index contributed by atoms with van der Waals surface area (Å²) >= 11 is 0. The number of rotatable bonds is 5. The van der Waals surface area contributed by atoms with Crippen molar-refractivity contribution in [2.75, 3.05) is 0 Å². The van der Waals surface area contributed by atoms with Crippen LogP contribution in [0.1, 0.15) is 11.1 Å². The molecule has 0 N–H and O–H groups in total. The molecule has 0 radical (unpaired) electrons. The van der Waals surface area contributed by atoms with Crippen LogP contribution in [0.2, 0.25) is 0 Å². The van der Waals surface area contributed by atoms with Gasteiger partial charge in [0.05, 0.1) is 28.0 Å². The lowest BCUT2D eigenvalue weighted by Gasteiger charge is -2.11. The van der Waals surface area contributed by atoms with Crippen LogP contribution in [0.5, 0.6) is 0 Å². The standard InChI is InChI=1S/C44H31N3O/c1-28-11-15-32(16-12-28)37-27-38(46-43(45-37)35-17-13-29(2)14-18-35)33-23-19-30(20-24-33)31-21-25-34(26-22-31)42-36-7-3-4-8-39(36)47-40-9-5-6-10-41(40)48-44(42)47/h3-27H,1-2H3. The second kappa shape index (κ2) is 11.2. The molecule has 4 nitrogen and oxygen atoms in total. The van der Waals surface area contributed by atoms with Gasteiger partial charge >= 0.3 is 0 Å². The molecule has 3 heterocycles. The molecule has 0 fully saturated rings. The molecule has 9 rings (SSSR count). The Morgan fingerprint density at radius 2 is 0.938 bits per heavy atom.